The Hall–Kier alpha value is -0.450. The largest absolute Gasteiger partial charge is 0.381 e. The van der Waals surface area contributed by atoms with E-state index >= 15 is 0 Å². The van der Waals surface area contributed by atoms with Crippen molar-refractivity contribution in [3.8, 4) is 0 Å². The Balaban J connectivity index is 1.74. The highest BCUT2D eigenvalue weighted by Gasteiger charge is 2.19. The van der Waals surface area contributed by atoms with Crippen LogP contribution in [-0.4, -0.2) is 24.2 Å². The van der Waals surface area contributed by atoms with E-state index in [1.807, 2.05) is 11.6 Å². The maximum Gasteiger partial charge on any atom is 0.106 e. The molecule has 1 aliphatic rings. The summed E-state index contributed by atoms with van der Waals surface area (Å²) in [6.07, 6.45) is 4.23. The van der Waals surface area contributed by atoms with E-state index < -0.39 is 0 Å². The lowest BCUT2D eigenvalue weighted by molar-refractivity contribution is 0.0558. The monoisotopic (exact) mass is 226 g/mol. The summed E-state index contributed by atoms with van der Waals surface area (Å²) in [7, 11) is 0. The predicted octanol–water partition coefficient (Wildman–Crippen LogP) is 2.05. The van der Waals surface area contributed by atoms with Gasteiger partial charge in [0.15, 0.2) is 0 Å². The highest BCUT2D eigenvalue weighted by Crippen LogP contribution is 2.18. The third-order valence-electron chi connectivity index (χ3n) is 3.03. The van der Waals surface area contributed by atoms with Crippen LogP contribution in [0.4, 0.5) is 0 Å². The van der Waals surface area contributed by atoms with Crippen LogP contribution in [0.25, 0.3) is 0 Å². The number of nitrogens with zero attached hydrogens (tertiary/aromatic N) is 1. The van der Waals surface area contributed by atoms with Crippen LogP contribution in [-0.2, 0) is 11.3 Å². The summed E-state index contributed by atoms with van der Waals surface area (Å²) in [6, 6.07) is 0.567. The fraction of sp³-hybridized carbons (Fsp3) is 0.727. The van der Waals surface area contributed by atoms with Gasteiger partial charge in [0.25, 0.3) is 0 Å². The number of hydrogen-bond acceptors (Lipinski definition) is 4. The highest BCUT2D eigenvalue weighted by molar-refractivity contribution is 7.09. The highest BCUT2D eigenvalue weighted by atomic mass is 32.1. The third kappa shape index (κ3) is 3.26. The Morgan fingerprint density at radius 3 is 3.07 bits per heavy atom. The summed E-state index contributed by atoms with van der Waals surface area (Å²) in [5, 5.41) is 6.75. The van der Waals surface area contributed by atoms with Crippen LogP contribution < -0.4 is 5.32 Å². The van der Waals surface area contributed by atoms with Crippen molar-refractivity contribution in [2.75, 3.05) is 13.2 Å². The summed E-state index contributed by atoms with van der Waals surface area (Å²) in [6.45, 7) is 5.02. The summed E-state index contributed by atoms with van der Waals surface area (Å²) in [4.78, 5) is 4.26. The van der Waals surface area contributed by atoms with Crippen LogP contribution in [0.15, 0.2) is 11.6 Å². The van der Waals surface area contributed by atoms with E-state index in [-0.39, 0.29) is 0 Å². The minimum atomic E-state index is 0.567. The molecule has 84 valence electrons. The van der Waals surface area contributed by atoms with Crippen LogP contribution in [0.5, 0.6) is 0 Å². The van der Waals surface area contributed by atoms with Gasteiger partial charge in [-0.3, -0.25) is 0 Å². The fourth-order valence-electron chi connectivity index (χ4n) is 1.97. The van der Waals surface area contributed by atoms with Crippen molar-refractivity contribution in [1.29, 1.82) is 0 Å². The predicted molar refractivity (Wildman–Crippen MR) is 62.0 cm³/mol. The molecule has 15 heavy (non-hydrogen) atoms. The van der Waals surface area contributed by atoms with E-state index in [0.717, 1.165) is 25.7 Å². The van der Waals surface area contributed by atoms with Gasteiger partial charge in [-0.25, -0.2) is 4.98 Å². The summed E-state index contributed by atoms with van der Waals surface area (Å²) in [5.41, 5.74) is 0. The second kappa shape index (κ2) is 5.58. The lowest BCUT2D eigenvalue weighted by Crippen LogP contribution is -2.36. The molecule has 2 heterocycles. The Bertz CT molecular complexity index is 270. The van der Waals surface area contributed by atoms with E-state index in [2.05, 4.69) is 17.2 Å². The number of rotatable bonds is 4. The molecule has 2 rings (SSSR count). The van der Waals surface area contributed by atoms with Gasteiger partial charge in [-0.15, -0.1) is 11.3 Å². The Morgan fingerprint density at radius 2 is 2.40 bits per heavy atom. The van der Waals surface area contributed by atoms with Crippen LogP contribution in [0.2, 0.25) is 0 Å². The molecule has 3 nitrogen and oxygen atoms in total. The zero-order valence-corrected chi connectivity index (χ0v) is 9.93. The molecule has 0 radical (unpaired) electrons. The van der Waals surface area contributed by atoms with Gasteiger partial charge in [-0.2, -0.15) is 0 Å². The first-order chi connectivity index (χ1) is 7.36. The maximum atomic E-state index is 5.36. The molecular formula is C11H18N2OS. The first kappa shape index (κ1) is 11.0. The van der Waals surface area contributed by atoms with Crippen molar-refractivity contribution in [3.05, 3.63) is 16.6 Å². The van der Waals surface area contributed by atoms with Gasteiger partial charge in [0.05, 0.1) is 0 Å². The zero-order chi connectivity index (χ0) is 10.5. The molecular weight excluding hydrogens is 208 g/mol. The zero-order valence-electron chi connectivity index (χ0n) is 9.11. The number of hydrogen-bond donors (Lipinski definition) is 1. The van der Waals surface area contributed by atoms with Crippen molar-refractivity contribution in [2.45, 2.75) is 32.4 Å². The van der Waals surface area contributed by atoms with Gasteiger partial charge in [0.2, 0.25) is 0 Å². The smallest absolute Gasteiger partial charge is 0.106 e. The van der Waals surface area contributed by atoms with Gasteiger partial charge < -0.3 is 10.1 Å². The summed E-state index contributed by atoms with van der Waals surface area (Å²) in [5.74, 6) is 0.763. The normalized spacial score (nSPS) is 20.3. The van der Waals surface area contributed by atoms with E-state index in [1.54, 1.807) is 11.3 Å². The first-order valence-corrected chi connectivity index (χ1v) is 6.43. The molecule has 1 aromatic heterocycles. The van der Waals surface area contributed by atoms with Gasteiger partial charge in [0.1, 0.15) is 5.01 Å². The topological polar surface area (TPSA) is 34.2 Å². The van der Waals surface area contributed by atoms with E-state index in [0.29, 0.717) is 6.04 Å². The molecule has 0 aromatic carbocycles. The van der Waals surface area contributed by atoms with E-state index in [9.17, 15) is 0 Å². The molecule has 1 aliphatic heterocycles. The summed E-state index contributed by atoms with van der Waals surface area (Å²) < 4.78 is 5.36. The van der Waals surface area contributed by atoms with E-state index in [4.69, 9.17) is 4.74 Å². The molecule has 0 saturated carbocycles. The quantitative estimate of drug-likeness (QED) is 0.853. The fourth-order valence-corrected chi connectivity index (χ4v) is 2.54. The number of thiazole rings is 1. The standard InChI is InChI=1S/C11H18N2OS/c1-9(10-2-5-14-6-3-10)13-8-11-12-4-7-15-11/h4,7,9-10,13H,2-3,5-6,8H2,1H3. The number of nitrogens with one attached hydrogen (secondary N) is 1. The van der Waals surface area contributed by atoms with Crippen LogP contribution in [0.3, 0.4) is 0 Å². The number of ether oxygens (including phenoxy) is 1. The average Bonchev–Trinajstić information content (AvgIpc) is 2.80. The molecule has 1 N–H and O–H groups in total. The molecule has 0 bridgehead atoms. The molecule has 0 spiro atoms. The molecule has 1 atom stereocenters. The molecule has 1 fully saturated rings. The van der Waals surface area contributed by atoms with Gasteiger partial charge in [-0.1, -0.05) is 0 Å². The molecule has 0 aliphatic carbocycles. The van der Waals surface area contributed by atoms with Crippen LogP contribution >= 0.6 is 11.3 Å². The van der Waals surface area contributed by atoms with Crippen molar-refractivity contribution in [1.82, 2.24) is 10.3 Å². The first-order valence-electron chi connectivity index (χ1n) is 5.56. The molecule has 1 unspecified atom stereocenters. The van der Waals surface area contributed by atoms with E-state index in [1.165, 1.54) is 17.8 Å². The number of aromatic nitrogens is 1. The molecule has 0 amide bonds. The molecule has 1 aromatic rings. The minimum absolute atomic E-state index is 0.567. The Kier molecular flexibility index (Phi) is 4.11. The average molecular weight is 226 g/mol. The van der Waals surface area contributed by atoms with Crippen LogP contribution in [0, 0.1) is 5.92 Å². The minimum Gasteiger partial charge on any atom is -0.381 e. The third-order valence-corrected chi connectivity index (χ3v) is 3.81. The lowest BCUT2D eigenvalue weighted by Gasteiger charge is -2.28. The van der Waals surface area contributed by atoms with Gasteiger partial charge in [-0.05, 0) is 25.7 Å². The maximum absolute atomic E-state index is 5.36. The second-order valence-corrected chi connectivity index (χ2v) is 5.02. The molecule has 1 saturated heterocycles. The van der Waals surface area contributed by atoms with Crippen molar-refractivity contribution in [3.63, 3.8) is 0 Å². The second-order valence-electron chi connectivity index (χ2n) is 4.05. The van der Waals surface area contributed by atoms with Crippen molar-refractivity contribution < 1.29 is 4.74 Å². The molecule has 4 heteroatoms. The SMILES string of the molecule is CC(NCc1nccs1)C1CCOCC1. The van der Waals surface area contributed by atoms with Crippen molar-refractivity contribution in [2.24, 2.45) is 5.92 Å². The Morgan fingerprint density at radius 1 is 1.60 bits per heavy atom. The van der Waals surface area contributed by atoms with Gasteiger partial charge in [0, 0.05) is 37.4 Å². The van der Waals surface area contributed by atoms with Crippen LogP contribution in [0.1, 0.15) is 24.8 Å². The summed E-state index contributed by atoms with van der Waals surface area (Å²) >= 11 is 1.71. The van der Waals surface area contributed by atoms with Crippen molar-refractivity contribution >= 4 is 11.3 Å². The Labute approximate surface area is 94.9 Å². The van der Waals surface area contributed by atoms with Gasteiger partial charge >= 0.3 is 0 Å². The lowest BCUT2D eigenvalue weighted by atomic mass is 9.93.